The van der Waals surface area contributed by atoms with Crippen LogP contribution < -0.4 is 10.0 Å². The number of hydrogen-bond acceptors (Lipinski definition) is 3. The molecule has 0 aliphatic heterocycles. The van der Waals surface area contributed by atoms with Crippen molar-refractivity contribution in [3.05, 3.63) is 0 Å². The molecule has 1 aliphatic rings. The van der Waals surface area contributed by atoms with Crippen molar-refractivity contribution in [1.82, 2.24) is 10.0 Å². The fraction of sp³-hybridized carbons (Fsp3) is 1.00. The van der Waals surface area contributed by atoms with E-state index in [1.165, 1.54) is 0 Å². The van der Waals surface area contributed by atoms with Crippen molar-refractivity contribution in [3.63, 3.8) is 0 Å². The molecule has 1 unspecified atom stereocenters. The highest BCUT2D eigenvalue weighted by molar-refractivity contribution is 7.90. The highest BCUT2D eigenvalue weighted by Crippen LogP contribution is 2.39. The lowest BCUT2D eigenvalue weighted by Crippen LogP contribution is -2.50. The normalized spacial score (nSPS) is 19.6. The molecule has 0 aromatic rings. The molecule has 0 saturated heterocycles. The van der Waals surface area contributed by atoms with Crippen molar-refractivity contribution in [2.45, 2.75) is 64.3 Å². The summed E-state index contributed by atoms with van der Waals surface area (Å²) in [4.78, 5) is 0. The summed E-state index contributed by atoms with van der Waals surface area (Å²) in [5.74, 6) is 0.502. The van der Waals surface area contributed by atoms with Crippen LogP contribution in [0.3, 0.4) is 0 Å². The van der Waals surface area contributed by atoms with Gasteiger partial charge >= 0.3 is 0 Å². The van der Waals surface area contributed by atoms with E-state index in [0.29, 0.717) is 18.5 Å². The Morgan fingerprint density at radius 1 is 1.24 bits per heavy atom. The predicted octanol–water partition coefficient (Wildman–Crippen LogP) is 1.48. The van der Waals surface area contributed by atoms with Gasteiger partial charge in [-0.3, -0.25) is 0 Å². The second-order valence-corrected chi connectivity index (χ2v) is 8.12. The van der Waals surface area contributed by atoms with Gasteiger partial charge in [0.25, 0.3) is 0 Å². The van der Waals surface area contributed by atoms with Gasteiger partial charge in [0.15, 0.2) is 0 Å². The molecule has 1 fully saturated rings. The average molecular weight is 262 g/mol. The third kappa shape index (κ3) is 4.56. The van der Waals surface area contributed by atoms with Crippen LogP contribution in [0.1, 0.15) is 47.5 Å². The number of hydrogen-bond donors (Lipinski definition) is 2. The van der Waals surface area contributed by atoms with E-state index in [-0.39, 0.29) is 5.54 Å². The molecule has 4 nitrogen and oxygen atoms in total. The van der Waals surface area contributed by atoms with Crippen molar-refractivity contribution in [3.8, 4) is 0 Å². The van der Waals surface area contributed by atoms with Crippen LogP contribution >= 0.6 is 0 Å². The van der Waals surface area contributed by atoms with Crippen molar-refractivity contribution >= 4 is 10.0 Å². The summed E-state index contributed by atoms with van der Waals surface area (Å²) in [5, 5.41) is 2.76. The Balaban J connectivity index is 2.55. The Bertz CT molecular complexity index is 346. The maximum atomic E-state index is 12.1. The van der Waals surface area contributed by atoms with Crippen LogP contribution in [0.5, 0.6) is 0 Å². The van der Waals surface area contributed by atoms with Crippen molar-refractivity contribution in [1.29, 1.82) is 0 Å². The molecule has 0 bridgehead atoms. The second kappa shape index (κ2) is 5.24. The first kappa shape index (κ1) is 14.9. The fourth-order valence-corrected chi connectivity index (χ4v) is 3.28. The summed E-state index contributed by atoms with van der Waals surface area (Å²) in [6.07, 6.45) is 2.27. The molecule has 1 rings (SSSR count). The van der Waals surface area contributed by atoms with Crippen LogP contribution in [0, 0.1) is 5.92 Å². The number of sulfonamides is 1. The van der Waals surface area contributed by atoms with E-state index in [0.717, 1.165) is 12.8 Å². The minimum Gasteiger partial charge on any atom is -0.313 e. The Kier molecular flexibility index (Phi) is 4.60. The highest BCUT2D eigenvalue weighted by Gasteiger charge is 2.41. The van der Waals surface area contributed by atoms with Gasteiger partial charge in [0.05, 0.1) is 5.25 Å². The van der Waals surface area contributed by atoms with Crippen LogP contribution in [-0.4, -0.2) is 31.8 Å². The molecule has 17 heavy (non-hydrogen) atoms. The smallest absolute Gasteiger partial charge is 0.215 e. The summed E-state index contributed by atoms with van der Waals surface area (Å²) in [6.45, 7) is 10.2. The van der Waals surface area contributed by atoms with Gasteiger partial charge in [-0.15, -0.1) is 0 Å². The van der Waals surface area contributed by atoms with Crippen LogP contribution in [0.15, 0.2) is 0 Å². The Morgan fingerprint density at radius 2 is 1.76 bits per heavy atom. The van der Waals surface area contributed by atoms with E-state index in [1.54, 1.807) is 6.92 Å². The molecule has 0 amide bonds. The lowest BCUT2D eigenvalue weighted by atomic mass is 10.0. The van der Waals surface area contributed by atoms with Gasteiger partial charge in [-0.1, -0.05) is 13.8 Å². The molecule has 0 aromatic carbocycles. The Morgan fingerprint density at radius 3 is 2.18 bits per heavy atom. The SMILES string of the molecule is CC(C)NCC(C)S(=O)(=O)NC(C)(C)C1CC1. The third-order valence-corrected chi connectivity index (χ3v) is 5.38. The van der Waals surface area contributed by atoms with E-state index in [2.05, 4.69) is 10.0 Å². The topological polar surface area (TPSA) is 58.2 Å². The summed E-state index contributed by atoms with van der Waals surface area (Å²) < 4.78 is 27.1. The Labute approximate surface area is 106 Å². The van der Waals surface area contributed by atoms with E-state index < -0.39 is 15.3 Å². The fourth-order valence-electron chi connectivity index (χ4n) is 1.87. The first-order chi connectivity index (χ1) is 7.65. The van der Waals surface area contributed by atoms with Gasteiger partial charge in [-0.05, 0) is 39.5 Å². The van der Waals surface area contributed by atoms with Gasteiger partial charge in [0.2, 0.25) is 10.0 Å². The zero-order valence-electron chi connectivity index (χ0n) is 11.6. The lowest BCUT2D eigenvalue weighted by Gasteiger charge is -2.28. The molecule has 1 aliphatic carbocycles. The lowest BCUT2D eigenvalue weighted by molar-refractivity contribution is 0.397. The zero-order chi connectivity index (χ0) is 13.3. The van der Waals surface area contributed by atoms with E-state index >= 15 is 0 Å². The van der Waals surface area contributed by atoms with Crippen LogP contribution in [0.4, 0.5) is 0 Å². The van der Waals surface area contributed by atoms with Crippen molar-refractivity contribution < 1.29 is 8.42 Å². The minimum atomic E-state index is -3.23. The standard InChI is InChI=1S/C12H26N2O2S/c1-9(2)13-8-10(3)17(15,16)14-12(4,5)11-6-7-11/h9-11,13-14H,6-8H2,1-5H3. The summed E-state index contributed by atoms with van der Waals surface area (Å²) in [6, 6.07) is 0.309. The van der Waals surface area contributed by atoms with Crippen molar-refractivity contribution in [2.75, 3.05) is 6.54 Å². The van der Waals surface area contributed by atoms with Gasteiger partial charge in [0, 0.05) is 18.1 Å². The second-order valence-electron chi connectivity index (χ2n) is 6.02. The monoisotopic (exact) mass is 262 g/mol. The van der Waals surface area contributed by atoms with Crippen molar-refractivity contribution in [2.24, 2.45) is 5.92 Å². The van der Waals surface area contributed by atoms with E-state index in [4.69, 9.17) is 0 Å². The molecule has 2 N–H and O–H groups in total. The third-order valence-electron chi connectivity index (χ3n) is 3.35. The largest absolute Gasteiger partial charge is 0.313 e. The Hall–Kier alpha value is -0.130. The molecule has 0 aromatic heterocycles. The van der Waals surface area contributed by atoms with Gasteiger partial charge in [0.1, 0.15) is 0 Å². The quantitative estimate of drug-likeness (QED) is 0.730. The first-order valence-electron chi connectivity index (χ1n) is 6.41. The highest BCUT2D eigenvalue weighted by atomic mass is 32.2. The zero-order valence-corrected chi connectivity index (χ0v) is 12.4. The molecule has 0 spiro atoms. The maximum Gasteiger partial charge on any atom is 0.215 e. The van der Waals surface area contributed by atoms with Gasteiger partial charge in [-0.2, -0.15) is 0 Å². The summed E-state index contributed by atoms with van der Waals surface area (Å²) in [7, 11) is -3.23. The van der Waals surface area contributed by atoms with E-state index in [1.807, 2.05) is 27.7 Å². The molecule has 5 heteroatoms. The number of nitrogens with one attached hydrogen (secondary N) is 2. The summed E-state index contributed by atoms with van der Waals surface area (Å²) >= 11 is 0. The predicted molar refractivity (Wildman–Crippen MR) is 71.5 cm³/mol. The molecular formula is C12H26N2O2S. The minimum absolute atomic E-state index is 0.301. The first-order valence-corrected chi connectivity index (χ1v) is 7.96. The van der Waals surface area contributed by atoms with Gasteiger partial charge in [-0.25, -0.2) is 13.1 Å². The molecule has 0 heterocycles. The van der Waals surface area contributed by atoms with Crippen LogP contribution in [0.25, 0.3) is 0 Å². The van der Waals surface area contributed by atoms with Gasteiger partial charge < -0.3 is 5.32 Å². The van der Waals surface area contributed by atoms with Crippen LogP contribution in [0.2, 0.25) is 0 Å². The molecular weight excluding hydrogens is 236 g/mol. The van der Waals surface area contributed by atoms with Crippen LogP contribution in [-0.2, 0) is 10.0 Å². The molecule has 1 atom stereocenters. The number of rotatable bonds is 7. The summed E-state index contributed by atoms with van der Waals surface area (Å²) in [5.41, 5.74) is -0.301. The average Bonchev–Trinajstić information content (AvgIpc) is 2.94. The molecule has 102 valence electrons. The maximum absolute atomic E-state index is 12.1. The van der Waals surface area contributed by atoms with E-state index in [9.17, 15) is 8.42 Å². The molecule has 0 radical (unpaired) electrons. The molecule has 1 saturated carbocycles.